The van der Waals surface area contributed by atoms with E-state index < -0.39 is 0 Å². The summed E-state index contributed by atoms with van der Waals surface area (Å²) in [6.07, 6.45) is 0. The van der Waals surface area contributed by atoms with Gasteiger partial charge in [0.15, 0.2) is 5.16 Å². The quantitative estimate of drug-likeness (QED) is 0.366. The van der Waals surface area contributed by atoms with Crippen LogP contribution < -0.4 is 10.5 Å². The number of para-hydroxylation sites is 1. The zero-order chi connectivity index (χ0) is 19.5. The summed E-state index contributed by atoms with van der Waals surface area (Å²) in [4.78, 5) is 20.3. The normalized spacial score (nSPS) is 10.9. The molecule has 0 aliphatic heterocycles. The molecule has 3 aromatic carbocycles. The van der Waals surface area contributed by atoms with Gasteiger partial charge in [0.1, 0.15) is 0 Å². The summed E-state index contributed by atoms with van der Waals surface area (Å²) in [6.45, 7) is 0. The minimum Gasteiger partial charge on any atom is -0.378 e. The molecule has 0 fully saturated rings. The zero-order valence-corrected chi connectivity index (χ0v) is 16.7. The van der Waals surface area contributed by atoms with Crippen LogP contribution in [0.2, 0.25) is 0 Å². The molecule has 4 nitrogen and oxygen atoms in total. The van der Waals surface area contributed by atoms with Gasteiger partial charge >= 0.3 is 0 Å². The van der Waals surface area contributed by atoms with E-state index in [2.05, 4.69) is 12.1 Å². The standard InChI is InChI=1S/C23H21N3OS/c1-25(2)19-13-14-21-20(15-19)22(27)26(18-11-7-4-8-12-18)23(24-21)28-16-17-9-5-3-6-10-17/h3-15H,16H2,1-2H3. The summed E-state index contributed by atoms with van der Waals surface area (Å²) in [5.41, 5.74) is 3.68. The minimum atomic E-state index is -0.0459. The third-order valence-electron chi connectivity index (χ3n) is 4.56. The Labute approximate surface area is 168 Å². The van der Waals surface area contributed by atoms with Crippen molar-refractivity contribution < 1.29 is 0 Å². The summed E-state index contributed by atoms with van der Waals surface area (Å²) in [7, 11) is 3.93. The number of rotatable bonds is 5. The number of benzene rings is 3. The molecule has 0 aliphatic carbocycles. The predicted octanol–water partition coefficient (Wildman–Crippen LogP) is 4.74. The highest BCUT2D eigenvalue weighted by Gasteiger charge is 2.14. The Balaban J connectivity index is 1.87. The van der Waals surface area contributed by atoms with Crippen LogP contribution in [0.3, 0.4) is 0 Å². The summed E-state index contributed by atoms with van der Waals surface area (Å²) >= 11 is 1.58. The van der Waals surface area contributed by atoms with Crippen molar-refractivity contribution in [3.05, 3.63) is 94.8 Å². The van der Waals surface area contributed by atoms with Gasteiger partial charge < -0.3 is 4.90 Å². The molecule has 0 bridgehead atoms. The lowest BCUT2D eigenvalue weighted by molar-refractivity contribution is 0.819. The molecule has 4 rings (SSSR count). The number of nitrogens with zero attached hydrogens (tertiary/aromatic N) is 3. The van der Waals surface area contributed by atoms with Crippen molar-refractivity contribution >= 4 is 28.4 Å². The second kappa shape index (κ2) is 7.90. The van der Waals surface area contributed by atoms with Gasteiger partial charge in [-0.1, -0.05) is 60.3 Å². The number of thioether (sulfide) groups is 1. The molecule has 0 radical (unpaired) electrons. The van der Waals surface area contributed by atoms with Gasteiger partial charge in [0.05, 0.1) is 16.6 Å². The molecule has 5 heteroatoms. The molecule has 1 aromatic heterocycles. The van der Waals surface area contributed by atoms with Crippen molar-refractivity contribution in [1.29, 1.82) is 0 Å². The third-order valence-corrected chi connectivity index (χ3v) is 5.57. The highest BCUT2D eigenvalue weighted by Crippen LogP contribution is 2.26. The first kappa shape index (κ1) is 18.3. The highest BCUT2D eigenvalue weighted by atomic mass is 32.2. The fraction of sp³-hybridized carbons (Fsp3) is 0.130. The van der Waals surface area contributed by atoms with Gasteiger partial charge in [-0.15, -0.1) is 0 Å². The Hall–Kier alpha value is -3.05. The van der Waals surface area contributed by atoms with Crippen molar-refractivity contribution in [2.24, 2.45) is 0 Å². The molecular weight excluding hydrogens is 366 g/mol. The van der Waals surface area contributed by atoms with Crippen LogP contribution in [0.25, 0.3) is 16.6 Å². The lowest BCUT2D eigenvalue weighted by Gasteiger charge is -2.16. The van der Waals surface area contributed by atoms with Crippen LogP contribution in [-0.4, -0.2) is 23.6 Å². The Morgan fingerprint density at radius 3 is 2.29 bits per heavy atom. The van der Waals surface area contributed by atoms with Crippen LogP contribution in [0.5, 0.6) is 0 Å². The Morgan fingerprint density at radius 2 is 1.61 bits per heavy atom. The lowest BCUT2D eigenvalue weighted by atomic mass is 10.2. The number of anilines is 1. The van der Waals surface area contributed by atoms with Crippen LogP contribution in [0, 0.1) is 0 Å². The number of aromatic nitrogens is 2. The first-order valence-corrected chi connectivity index (χ1v) is 10.1. The Morgan fingerprint density at radius 1 is 0.929 bits per heavy atom. The molecule has 0 amide bonds. The number of hydrogen-bond donors (Lipinski definition) is 0. The van der Waals surface area contributed by atoms with Crippen molar-refractivity contribution in [2.45, 2.75) is 10.9 Å². The molecule has 0 atom stereocenters. The second-order valence-corrected chi connectivity index (χ2v) is 7.68. The van der Waals surface area contributed by atoms with Gasteiger partial charge in [0, 0.05) is 25.5 Å². The van der Waals surface area contributed by atoms with Crippen LogP contribution >= 0.6 is 11.8 Å². The molecule has 0 saturated heterocycles. The van der Waals surface area contributed by atoms with Crippen LogP contribution in [-0.2, 0) is 5.75 Å². The fourth-order valence-corrected chi connectivity index (χ4v) is 4.02. The van der Waals surface area contributed by atoms with E-state index in [9.17, 15) is 4.79 Å². The molecule has 0 saturated carbocycles. The number of hydrogen-bond acceptors (Lipinski definition) is 4. The number of fused-ring (bicyclic) bond motifs is 1. The van der Waals surface area contributed by atoms with Crippen LogP contribution in [0.15, 0.2) is 88.8 Å². The zero-order valence-electron chi connectivity index (χ0n) is 15.9. The maximum atomic E-state index is 13.4. The maximum absolute atomic E-state index is 13.4. The lowest BCUT2D eigenvalue weighted by Crippen LogP contribution is -2.22. The summed E-state index contributed by atoms with van der Waals surface area (Å²) in [5.74, 6) is 0.751. The van der Waals surface area contributed by atoms with E-state index in [1.54, 1.807) is 16.3 Å². The van der Waals surface area contributed by atoms with E-state index in [1.807, 2.05) is 85.7 Å². The predicted molar refractivity (Wildman–Crippen MR) is 118 cm³/mol. The van der Waals surface area contributed by atoms with Gasteiger partial charge in [-0.2, -0.15) is 0 Å². The van der Waals surface area contributed by atoms with Crippen molar-refractivity contribution in [3.8, 4) is 5.69 Å². The molecular formula is C23H21N3OS. The molecule has 0 aliphatic rings. The topological polar surface area (TPSA) is 38.1 Å². The first-order valence-electron chi connectivity index (χ1n) is 9.10. The van der Waals surface area contributed by atoms with Gasteiger partial charge in [-0.3, -0.25) is 9.36 Å². The SMILES string of the molecule is CN(C)c1ccc2nc(SCc3ccccc3)n(-c3ccccc3)c(=O)c2c1. The molecule has 0 N–H and O–H groups in total. The fourth-order valence-electron chi connectivity index (χ4n) is 3.06. The van der Waals surface area contributed by atoms with Gasteiger partial charge in [-0.25, -0.2) is 4.98 Å². The smallest absolute Gasteiger partial charge is 0.266 e. The molecule has 0 spiro atoms. The van der Waals surface area contributed by atoms with Crippen molar-refractivity contribution in [2.75, 3.05) is 19.0 Å². The van der Waals surface area contributed by atoms with Crippen LogP contribution in [0.4, 0.5) is 5.69 Å². The summed E-state index contributed by atoms with van der Waals surface area (Å²) in [6, 6.07) is 25.8. The average molecular weight is 388 g/mol. The maximum Gasteiger partial charge on any atom is 0.266 e. The molecule has 140 valence electrons. The van der Waals surface area contributed by atoms with E-state index in [0.717, 1.165) is 22.6 Å². The van der Waals surface area contributed by atoms with E-state index in [-0.39, 0.29) is 5.56 Å². The molecule has 4 aromatic rings. The largest absolute Gasteiger partial charge is 0.378 e. The van der Waals surface area contributed by atoms with E-state index >= 15 is 0 Å². The molecule has 0 unspecified atom stereocenters. The molecule has 1 heterocycles. The molecule has 28 heavy (non-hydrogen) atoms. The van der Waals surface area contributed by atoms with Gasteiger partial charge in [0.25, 0.3) is 5.56 Å². The van der Waals surface area contributed by atoms with Crippen LogP contribution in [0.1, 0.15) is 5.56 Å². The summed E-state index contributed by atoms with van der Waals surface area (Å²) in [5, 5.41) is 1.32. The first-order chi connectivity index (χ1) is 13.6. The van der Waals surface area contributed by atoms with E-state index in [1.165, 1.54) is 5.56 Å². The van der Waals surface area contributed by atoms with Crippen molar-refractivity contribution in [3.63, 3.8) is 0 Å². The van der Waals surface area contributed by atoms with Gasteiger partial charge in [-0.05, 0) is 35.9 Å². The van der Waals surface area contributed by atoms with E-state index in [4.69, 9.17) is 4.98 Å². The second-order valence-electron chi connectivity index (χ2n) is 6.74. The van der Waals surface area contributed by atoms with E-state index in [0.29, 0.717) is 10.5 Å². The average Bonchev–Trinajstić information content (AvgIpc) is 2.73. The van der Waals surface area contributed by atoms with Gasteiger partial charge in [0.2, 0.25) is 0 Å². The Kier molecular flexibility index (Phi) is 5.17. The minimum absolute atomic E-state index is 0.0459. The monoisotopic (exact) mass is 387 g/mol. The van der Waals surface area contributed by atoms with Crippen molar-refractivity contribution in [1.82, 2.24) is 9.55 Å². The summed E-state index contributed by atoms with van der Waals surface area (Å²) < 4.78 is 1.72. The third kappa shape index (κ3) is 3.66. The highest BCUT2D eigenvalue weighted by molar-refractivity contribution is 7.98. The Bertz CT molecular complexity index is 1160.